The molecule has 0 aliphatic rings. The third-order valence-electron chi connectivity index (χ3n) is 4.41. The minimum atomic E-state index is -0.460. The van der Waals surface area contributed by atoms with Crippen molar-refractivity contribution in [2.24, 2.45) is 10.2 Å². The Morgan fingerprint density at radius 1 is 0.793 bits per heavy atom. The van der Waals surface area contributed by atoms with Crippen molar-refractivity contribution in [2.45, 2.75) is 0 Å². The van der Waals surface area contributed by atoms with Crippen LogP contribution < -0.4 is 5.32 Å². The third-order valence-corrected chi connectivity index (χ3v) is 4.41. The van der Waals surface area contributed by atoms with E-state index in [0.29, 0.717) is 11.1 Å². The molecule has 6 heteroatoms. The second-order valence-corrected chi connectivity index (χ2v) is 6.35. The number of carbonyl (C=O) groups excluding carboxylic acids is 1. The summed E-state index contributed by atoms with van der Waals surface area (Å²) in [6, 6.07) is 24.3. The van der Waals surface area contributed by atoms with E-state index in [9.17, 15) is 15.0 Å². The average molecular weight is 383 g/mol. The maximum atomic E-state index is 12.8. The largest absolute Gasteiger partial charge is 0.506 e. The molecule has 0 bridgehead atoms. The van der Waals surface area contributed by atoms with Gasteiger partial charge >= 0.3 is 0 Å². The molecule has 3 N–H and O–H groups in total. The molecule has 0 aliphatic carbocycles. The van der Waals surface area contributed by atoms with Gasteiger partial charge in [0.2, 0.25) is 0 Å². The van der Waals surface area contributed by atoms with E-state index in [4.69, 9.17) is 0 Å². The van der Waals surface area contributed by atoms with Gasteiger partial charge in [0.25, 0.3) is 5.91 Å². The fraction of sp³-hybridized carbons (Fsp3) is 0. The van der Waals surface area contributed by atoms with Crippen LogP contribution in [0, 0.1) is 0 Å². The SMILES string of the molecule is O=C(Nc1ccccc1)c1cc2ccccc2c(N=Nc2ccccc2O)c1O. The lowest BCUT2D eigenvalue weighted by molar-refractivity contribution is 0.102. The molecule has 0 saturated heterocycles. The first-order valence-corrected chi connectivity index (χ1v) is 8.94. The highest BCUT2D eigenvalue weighted by atomic mass is 16.3. The zero-order valence-electron chi connectivity index (χ0n) is 15.3. The predicted octanol–water partition coefficient (Wildman–Crippen LogP) is 5.92. The quantitative estimate of drug-likeness (QED) is 0.382. The molecule has 0 heterocycles. The van der Waals surface area contributed by atoms with E-state index in [1.54, 1.807) is 42.5 Å². The van der Waals surface area contributed by atoms with Crippen LogP contribution in [0.15, 0.2) is 95.2 Å². The molecule has 0 radical (unpaired) electrons. The second kappa shape index (κ2) is 7.82. The normalized spacial score (nSPS) is 11.0. The van der Waals surface area contributed by atoms with Gasteiger partial charge in [-0.25, -0.2) is 0 Å². The number of phenols is 2. The van der Waals surface area contributed by atoms with Crippen molar-refractivity contribution < 1.29 is 15.0 Å². The molecule has 0 aliphatic heterocycles. The van der Waals surface area contributed by atoms with Crippen LogP contribution in [0.1, 0.15) is 10.4 Å². The molecule has 6 nitrogen and oxygen atoms in total. The van der Waals surface area contributed by atoms with E-state index in [-0.39, 0.29) is 28.4 Å². The number of hydrogen-bond acceptors (Lipinski definition) is 5. The van der Waals surface area contributed by atoms with Gasteiger partial charge < -0.3 is 15.5 Å². The van der Waals surface area contributed by atoms with Gasteiger partial charge in [0.15, 0.2) is 5.75 Å². The number of benzene rings is 4. The van der Waals surface area contributed by atoms with Gasteiger partial charge in [0, 0.05) is 11.1 Å². The molecule has 0 fully saturated rings. The average Bonchev–Trinajstić information content (AvgIpc) is 2.74. The molecule has 0 spiro atoms. The minimum absolute atomic E-state index is 0.0296. The zero-order chi connectivity index (χ0) is 20.2. The van der Waals surface area contributed by atoms with E-state index < -0.39 is 5.91 Å². The highest BCUT2D eigenvalue weighted by Crippen LogP contribution is 2.40. The molecular formula is C23H17N3O3. The lowest BCUT2D eigenvalue weighted by atomic mass is 10.0. The molecule has 0 aromatic heterocycles. The first-order chi connectivity index (χ1) is 14.1. The minimum Gasteiger partial charge on any atom is -0.506 e. The molecule has 4 aromatic rings. The van der Waals surface area contributed by atoms with Crippen LogP contribution >= 0.6 is 0 Å². The van der Waals surface area contributed by atoms with Gasteiger partial charge in [-0.1, -0.05) is 54.6 Å². The molecule has 29 heavy (non-hydrogen) atoms. The van der Waals surface area contributed by atoms with E-state index >= 15 is 0 Å². The van der Waals surface area contributed by atoms with Crippen LogP contribution in [0.2, 0.25) is 0 Å². The standard InChI is InChI=1S/C23H17N3O3/c27-20-13-7-6-12-19(20)25-26-21-17-11-5-4-8-15(17)14-18(22(21)28)23(29)24-16-9-2-1-3-10-16/h1-14,27-28H,(H,24,29). The number of rotatable bonds is 4. The molecule has 0 unspecified atom stereocenters. The Labute approximate surface area is 166 Å². The second-order valence-electron chi connectivity index (χ2n) is 6.35. The highest BCUT2D eigenvalue weighted by molar-refractivity contribution is 6.11. The van der Waals surface area contributed by atoms with Crippen molar-refractivity contribution >= 4 is 33.7 Å². The summed E-state index contributed by atoms with van der Waals surface area (Å²) in [5.41, 5.74) is 1.11. The molecule has 142 valence electrons. The number of anilines is 1. The number of para-hydroxylation sites is 2. The lowest BCUT2D eigenvalue weighted by Crippen LogP contribution is -2.12. The summed E-state index contributed by atoms with van der Waals surface area (Å²) in [7, 11) is 0. The van der Waals surface area contributed by atoms with Crippen LogP contribution in [0.5, 0.6) is 11.5 Å². The Hall–Kier alpha value is -4.19. The van der Waals surface area contributed by atoms with Crippen molar-refractivity contribution in [1.29, 1.82) is 0 Å². The number of nitrogens with zero attached hydrogens (tertiary/aromatic N) is 2. The van der Waals surface area contributed by atoms with Crippen molar-refractivity contribution in [3.8, 4) is 11.5 Å². The van der Waals surface area contributed by atoms with Crippen LogP contribution in [0.25, 0.3) is 10.8 Å². The van der Waals surface area contributed by atoms with Crippen molar-refractivity contribution in [3.63, 3.8) is 0 Å². The predicted molar refractivity (Wildman–Crippen MR) is 112 cm³/mol. The van der Waals surface area contributed by atoms with Crippen LogP contribution in [-0.4, -0.2) is 16.1 Å². The Kier molecular flexibility index (Phi) is 4.90. The Balaban J connectivity index is 1.80. The van der Waals surface area contributed by atoms with Crippen molar-refractivity contribution in [2.75, 3.05) is 5.32 Å². The van der Waals surface area contributed by atoms with Gasteiger partial charge in [0.05, 0.1) is 5.56 Å². The summed E-state index contributed by atoms with van der Waals surface area (Å²) in [4.78, 5) is 12.8. The maximum absolute atomic E-state index is 12.8. The highest BCUT2D eigenvalue weighted by Gasteiger charge is 2.18. The summed E-state index contributed by atoms with van der Waals surface area (Å²) < 4.78 is 0. The molecule has 1 amide bonds. The fourth-order valence-electron chi connectivity index (χ4n) is 2.96. The van der Waals surface area contributed by atoms with Gasteiger partial charge in [-0.2, -0.15) is 0 Å². The molecule has 4 aromatic carbocycles. The maximum Gasteiger partial charge on any atom is 0.259 e. The van der Waals surface area contributed by atoms with Gasteiger partial charge in [-0.15, -0.1) is 10.2 Å². The number of amides is 1. The van der Waals surface area contributed by atoms with Crippen LogP contribution in [-0.2, 0) is 0 Å². The fourth-order valence-corrected chi connectivity index (χ4v) is 2.96. The van der Waals surface area contributed by atoms with Gasteiger partial charge in [-0.3, -0.25) is 4.79 Å². The number of hydrogen-bond donors (Lipinski definition) is 3. The summed E-state index contributed by atoms with van der Waals surface area (Å²) in [5, 5.41) is 33.0. The summed E-state index contributed by atoms with van der Waals surface area (Å²) in [5.74, 6) is -0.771. The van der Waals surface area contributed by atoms with Crippen molar-refractivity contribution in [3.05, 3.63) is 90.5 Å². The Bertz CT molecular complexity index is 1220. The zero-order valence-corrected chi connectivity index (χ0v) is 15.3. The lowest BCUT2D eigenvalue weighted by Gasteiger charge is -2.11. The number of aromatic hydroxyl groups is 2. The number of fused-ring (bicyclic) bond motifs is 1. The monoisotopic (exact) mass is 383 g/mol. The van der Waals surface area contributed by atoms with E-state index in [0.717, 1.165) is 5.39 Å². The first-order valence-electron chi connectivity index (χ1n) is 8.94. The van der Waals surface area contributed by atoms with E-state index in [2.05, 4.69) is 15.5 Å². The first kappa shape index (κ1) is 18.2. The Morgan fingerprint density at radius 2 is 1.48 bits per heavy atom. The van der Waals surface area contributed by atoms with E-state index in [1.165, 1.54) is 6.07 Å². The molecule has 4 rings (SSSR count). The topological polar surface area (TPSA) is 94.3 Å². The number of phenolic OH excluding ortho intramolecular Hbond substituents is 2. The number of carbonyl (C=O) groups is 1. The number of azo groups is 1. The van der Waals surface area contributed by atoms with Crippen molar-refractivity contribution in [1.82, 2.24) is 0 Å². The van der Waals surface area contributed by atoms with Gasteiger partial charge in [0.1, 0.15) is 17.1 Å². The third kappa shape index (κ3) is 3.77. The van der Waals surface area contributed by atoms with Gasteiger partial charge in [-0.05, 0) is 35.7 Å². The Morgan fingerprint density at radius 3 is 2.28 bits per heavy atom. The van der Waals surface area contributed by atoms with Crippen LogP contribution in [0.4, 0.5) is 17.1 Å². The van der Waals surface area contributed by atoms with E-state index in [1.807, 2.05) is 36.4 Å². The number of nitrogens with one attached hydrogen (secondary N) is 1. The molecular weight excluding hydrogens is 366 g/mol. The molecule has 0 atom stereocenters. The summed E-state index contributed by atoms with van der Waals surface area (Å²) in [6.07, 6.45) is 0. The summed E-state index contributed by atoms with van der Waals surface area (Å²) >= 11 is 0. The summed E-state index contributed by atoms with van der Waals surface area (Å²) in [6.45, 7) is 0. The molecule has 0 saturated carbocycles. The van der Waals surface area contributed by atoms with Crippen LogP contribution in [0.3, 0.4) is 0 Å². The smallest absolute Gasteiger partial charge is 0.259 e.